The highest BCUT2D eigenvalue weighted by Gasteiger charge is 2.42. The molecule has 2 aliphatic rings. The molecule has 1 N–H and O–H groups in total. The van der Waals surface area contributed by atoms with E-state index in [2.05, 4.69) is 5.32 Å². The number of para-hydroxylation sites is 2. The number of nitrogens with zero attached hydrogens (tertiary/aromatic N) is 2. The Bertz CT molecular complexity index is 1160. The van der Waals surface area contributed by atoms with Gasteiger partial charge in [-0.1, -0.05) is 60.4 Å². The van der Waals surface area contributed by atoms with Crippen LogP contribution < -0.4 is 10.2 Å². The number of fused-ring (bicyclic) bond motifs is 1. The first kappa shape index (κ1) is 22.2. The van der Waals surface area contributed by atoms with Crippen LogP contribution in [-0.2, 0) is 19.1 Å². The van der Waals surface area contributed by atoms with Gasteiger partial charge < -0.3 is 10.1 Å². The molecule has 2 aromatic rings. The number of carbonyl (C=O) groups is 3. The molecule has 0 atom stereocenters. The lowest BCUT2D eigenvalue weighted by Gasteiger charge is -2.17. The molecule has 3 amide bonds. The number of methoxy groups -OCH3 is 1. The van der Waals surface area contributed by atoms with Crippen molar-refractivity contribution < 1.29 is 19.1 Å². The number of aryl methyl sites for hydroxylation is 1. The molecule has 0 bridgehead atoms. The molecule has 0 saturated carbocycles. The van der Waals surface area contributed by atoms with Crippen molar-refractivity contribution in [1.29, 1.82) is 0 Å². The first-order valence-corrected chi connectivity index (χ1v) is 11.2. The second-order valence-corrected chi connectivity index (χ2v) is 8.94. The van der Waals surface area contributed by atoms with Crippen molar-refractivity contribution in [3.8, 4) is 0 Å². The molecule has 1 saturated heterocycles. The van der Waals surface area contributed by atoms with Crippen LogP contribution in [0.2, 0.25) is 0 Å². The van der Waals surface area contributed by atoms with E-state index in [0.29, 0.717) is 34.4 Å². The fraction of sp³-hybridized carbons (Fsp3) is 0.217. The van der Waals surface area contributed by atoms with Crippen LogP contribution in [0.3, 0.4) is 0 Å². The number of rotatable bonds is 6. The first-order valence-electron chi connectivity index (χ1n) is 9.96. The third kappa shape index (κ3) is 4.06. The van der Waals surface area contributed by atoms with E-state index in [-0.39, 0.29) is 28.8 Å². The Hall–Kier alpha value is -3.01. The van der Waals surface area contributed by atoms with Crippen LogP contribution in [0.4, 0.5) is 11.4 Å². The number of thioether (sulfide) groups is 1. The number of hydrogen-bond donors (Lipinski definition) is 1. The van der Waals surface area contributed by atoms with Gasteiger partial charge in [0.25, 0.3) is 11.8 Å². The maximum atomic E-state index is 13.4. The predicted octanol–water partition coefficient (Wildman–Crippen LogP) is 3.20. The molecular formula is C23H21N3O4S2. The number of nitrogens with one attached hydrogen (secondary N) is 1. The molecule has 32 heavy (non-hydrogen) atoms. The zero-order chi connectivity index (χ0) is 22.8. The van der Waals surface area contributed by atoms with E-state index in [4.69, 9.17) is 17.0 Å². The predicted molar refractivity (Wildman–Crippen MR) is 129 cm³/mol. The van der Waals surface area contributed by atoms with E-state index in [1.54, 1.807) is 31.4 Å². The largest absolute Gasteiger partial charge is 0.383 e. The van der Waals surface area contributed by atoms with Gasteiger partial charge in [0, 0.05) is 18.4 Å². The average molecular weight is 468 g/mol. The van der Waals surface area contributed by atoms with E-state index >= 15 is 0 Å². The third-order valence-electron chi connectivity index (χ3n) is 5.24. The highest BCUT2D eigenvalue weighted by atomic mass is 32.2. The lowest BCUT2D eigenvalue weighted by atomic mass is 10.1. The van der Waals surface area contributed by atoms with Gasteiger partial charge >= 0.3 is 0 Å². The summed E-state index contributed by atoms with van der Waals surface area (Å²) < 4.78 is 5.44. The molecule has 0 radical (unpaired) electrons. The Morgan fingerprint density at radius 2 is 1.78 bits per heavy atom. The minimum absolute atomic E-state index is 0.169. The summed E-state index contributed by atoms with van der Waals surface area (Å²) in [7, 11) is 1.55. The number of thiocarbonyl (C=S) groups is 1. The summed E-state index contributed by atoms with van der Waals surface area (Å²) in [5.41, 5.74) is 3.11. The number of ether oxygens (including phenoxy) is 1. The molecule has 9 heteroatoms. The van der Waals surface area contributed by atoms with Gasteiger partial charge in [0.05, 0.1) is 29.3 Å². The molecule has 0 spiro atoms. The van der Waals surface area contributed by atoms with Crippen molar-refractivity contribution in [2.45, 2.75) is 6.92 Å². The number of amides is 3. The lowest BCUT2D eigenvalue weighted by molar-refractivity contribution is -0.122. The van der Waals surface area contributed by atoms with Crippen LogP contribution in [0.1, 0.15) is 11.1 Å². The SMILES string of the molecule is COCCN1C(=O)/C(=C2/C(=O)N(CC(=O)Nc3ccccc3C)c3ccccc32)SC1=S. The third-order valence-corrected chi connectivity index (χ3v) is 6.69. The summed E-state index contributed by atoms with van der Waals surface area (Å²) in [6.07, 6.45) is 0. The maximum absolute atomic E-state index is 13.4. The summed E-state index contributed by atoms with van der Waals surface area (Å²) in [5.74, 6) is -1.03. The molecular weight excluding hydrogens is 446 g/mol. The van der Waals surface area contributed by atoms with Gasteiger partial charge in [-0.05, 0) is 24.6 Å². The molecule has 2 aliphatic heterocycles. The molecule has 0 unspecified atom stereocenters. The molecule has 2 aromatic carbocycles. The van der Waals surface area contributed by atoms with Crippen LogP contribution >= 0.6 is 24.0 Å². The van der Waals surface area contributed by atoms with Gasteiger partial charge in [-0.15, -0.1) is 0 Å². The average Bonchev–Trinajstić information content (AvgIpc) is 3.20. The maximum Gasteiger partial charge on any atom is 0.267 e. The van der Waals surface area contributed by atoms with Crippen LogP contribution in [0.25, 0.3) is 5.57 Å². The Morgan fingerprint density at radius 3 is 2.53 bits per heavy atom. The van der Waals surface area contributed by atoms with Crippen molar-refractivity contribution >= 4 is 63.0 Å². The topological polar surface area (TPSA) is 79.0 Å². The van der Waals surface area contributed by atoms with Crippen molar-refractivity contribution in [3.05, 3.63) is 64.6 Å². The minimum Gasteiger partial charge on any atom is -0.383 e. The number of anilines is 2. The Labute approximate surface area is 195 Å². The molecule has 164 valence electrons. The Balaban J connectivity index is 1.64. The van der Waals surface area contributed by atoms with Crippen LogP contribution in [0.15, 0.2) is 53.4 Å². The summed E-state index contributed by atoms with van der Waals surface area (Å²) in [6, 6.07) is 14.6. The normalized spacial score (nSPS) is 17.9. The van der Waals surface area contributed by atoms with E-state index in [9.17, 15) is 14.4 Å². The van der Waals surface area contributed by atoms with Crippen molar-refractivity contribution in [2.75, 3.05) is 37.0 Å². The van der Waals surface area contributed by atoms with E-state index in [1.165, 1.54) is 9.80 Å². The zero-order valence-corrected chi connectivity index (χ0v) is 19.2. The smallest absolute Gasteiger partial charge is 0.267 e. The number of carbonyl (C=O) groups excluding carboxylic acids is 3. The second kappa shape index (κ2) is 9.23. The standard InChI is InChI=1S/C23H21N3O4S2/c1-14-7-3-5-9-16(14)24-18(27)13-26-17-10-6-4-8-15(17)19(21(26)28)20-22(29)25(11-12-30-2)23(31)32-20/h3-10H,11-13H2,1-2H3,(H,24,27)/b20-19-. The fourth-order valence-electron chi connectivity index (χ4n) is 3.63. The molecule has 2 heterocycles. The van der Waals surface area contributed by atoms with Crippen LogP contribution in [0.5, 0.6) is 0 Å². The summed E-state index contributed by atoms with van der Waals surface area (Å²) >= 11 is 6.46. The molecule has 1 fully saturated rings. The Morgan fingerprint density at radius 1 is 1.06 bits per heavy atom. The van der Waals surface area contributed by atoms with Crippen molar-refractivity contribution in [3.63, 3.8) is 0 Å². The molecule has 0 aliphatic carbocycles. The van der Waals surface area contributed by atoms with Gasteiger partial charge in [-0.2, -0.15) is 0 Å². The van der Waals surface area contributed by atoms with Gasteiger partial charge in [0.1, 0.15) is 10.9 Å². The van der Waals surface area contributed by atoms with Gasteiger partial charge in [-0.25, -0.2) is 0 Å². The zero-order valence-electron chi connectivity index (χ0n) is 17.6. The van der Waals surface area contributed by atoms with E-state index < -0.39 is 5.91 Å². The van der Waals surface area contributed by atoms with Gasteiger partial charge in [0.2, 0.25) is 5.91 Å². The summed E-state index contributed by atoms with van der Waals surface area (Å²) in [6.45, 7) is 2.38. The van der Waals surface area contributed by atoms with Crippen molar-refractivity contribution in [2.24, 2.45) is 0 Å². The van der Waals surface area contributed by atoms with Crippen molar-refractivity contribution in [1.82, 2.24) is 4.90 Å². The van der Waals surface area contributed by atoms with Crippen LogP contribution in [0, 0.1) is 6.92 Å². The lowest BCUT2D eigenvalue weighted by Crippen LogP contribution is -2.36. The fourth-order valence-corrected chi connectivity index (χ4v) is 5.01. The highest BCUT2D eigenvalue weighted by Crippen LogP contribution is 2.44. The second-order valence-electron chi connectivity index (χ2n) is 7.29. The minimum atomic E-state index is -0.390. The number of hydrogen-bond acceptors (Lipinski definition) is 6. The monoisotopic (exact) mass is 467 g/mol. The molecule has 4 rings (SSSR count). The molecule has 0 aromatic heterocycles. The Kier molecular flexibility index (Phi) is 6.40. The molecule has 7 nitrogen and oxygen atoms in total. The summed E-state index contributed by atoms with van der Waals surface area (Å²) in [5, 5.41) is 2.85. The first-order chi connectivity index (χ1) is 15.4. The van der Waals surface area contributed by atoms with Gasteiger partial charge in [0.15, 0.2) is 0 Å². The quantitative estimate of drug-likeness (QED) is 0.519. The van der Waals surface area contributed by atoms with Gasteiger partial charge in [-0.3, -0.25) is 24.2 Å². The highest BCUT2D eigenvalue weighted by molar-refractivity contribution is 8.26. The van der Waals surface area contributed by atoms with Crippen LogP contribution in [-0.4, -0.2) is 53.7 Å². The van der Waals surface area contributed by atoms with E-state index in [1.807, 2.05) is 31.2 Å². The van der Waals surface area contributed by atoms with E-state index in [0.717, 1.165) is 17.3 Å². The number of benzene rings is 2. The summed E-state index contributed by atoms with van der Waals surface area (Å²) in [4.78, 5) is 42.3.